The summed E-state index contributed by atoms with van der Waals surface area (Å²) < 4.78 is 24.4. The number of sulfone groups is 1. The molecule has 2 saturated heterocycles. The van der Waals surface area contributed by atoms with Crippen LogP contribution in [0.1, 0.15) is 37.7 Å². The molecule has 0 aliphatic carbocycles. The molecule has 2 N–H and O–H groups in total. The number of para-hydroxylation sites is 1. The van der Waals surface area contributed by atoms with Gasteiger partial charge in [-0.15, -0.1) is 0 Å². The van der Waals surface area contributed by atoms with Gasteiger partial charge in [0.05, 0.1) is 17.5 Å². The third kappa shape index (κ3) is 4.41. The molecule has 0 radical (unpaired) electrons. The van der Waals surface area contributed by atoms with Crippen LogP contribution in [-0.4, -0.2) is 60.9 Å². The molecule has 28 heavy (non-hydrogen) atoms. The summed E-state index contributed by atoms with van der Waals surface area (Å²) >= 11 is 0. The van der Waals surface area contributed by atoms with Crippen LogP contribution in [0.25, 0.3) is 10.9 Å². The molecule has 1 aromatic heterocycles. The van der Waals surface area contributed by atoms with Gasteiger partial charge in [-0.05, 0) is 50.4 Å². The maximum Gasteiger partial charge on any atom is 0.220 e. The van der Waals surface area contributed by atoms with E-state index in [-0.39, 0.29) is 29.5 Å². The first-order chi connectivity index (χ1) is 13.5. The Labute approximate surface area is 166 Å². The third-order valence-electron chi connectivity index (χ3n) is 6.05. The molecular formula is C21H29N3O3S. The van der Waals surface area contributed by atoms with Gasteiger partial charge < -0.3 is 10.3 Å². The fourth-order valence-corrected chi connectivity index (χ4v) is 6.59. The van der Waals surface area contributed by atoms with Gasteiger partial charge in [0.15, 0.2) is 9.84 Å². The molecule has 0 unspecified atom stereocenters. The van der Waals surface area contributed by atoms with E-state index in [1.165, 1.54) is 17.4 Å². The second-order valence-electron chi connectivity index (χ2n) is 8.13. The summed E-state index contributed by atoms with van der Waals surface area (Å²) in [5.74, 6) is 0.208. The van der Waals surface area contributed by atoms with Gasteiger partial charge >= 0.3 is 0 Å². The SMILES string of the molecule is O=C(CCCc1c[nH]c2ccccc12)N[C@@H]1CS(=O)(=O)C[C@H]1N1CCCCC1. The fraction of sp³-hybridized carbons (Fsp3) is 0.571. The van der Waals surface area contributed by atoms with E-state index in [0.29, 0.717) is 6.42 Å². The number of nitrogens with zero attached hydrogens (tertiary/aromatic N) is 1. The van der Waals surface area contributed by atoms with Gasteiger partial charge in [0.25, 0.3) is 0 Å². The lowest BCUT2D eigenvalue weighted by atomic mass is 10.0. The predicted octanol–water partition coefficient (Wildman–Crippen LogP) is 2.26. The molecule has 4 rings (SSSR count). The summed E-state index contributed by atoms with van der Waals surface area (Å²) in [5.41, 5.74) is 2.33. The zero-order chi connectivity index (χ0) is 19.6. The summed E-state index contributed by atoms with van der Waals surface area (Å²) in [7, 11) is -3.08. The highest BCUT2D eigenvalue weighted by molar-refractivity contribution is 7.91. The molecule has 0 spiro atoms. The van der Waals surface area contributed by atoms with Crippen LogP contribution >= 0.6 is 0 Å². The lowest BCUT2D eigenvalue weighted by Crippen LogP contribution is -2.52. The number of nitrogens with one attached hydrogen (secondary N) is 2. The number of aryl methyl sites for hydroxylation is 1. The number of fused-ring (bicyclic) bond motifs is 1. The Morgan fingerprint density at radius 2 is 1.93 bits per heavy atom. The van der Waals surface area contributed by atoms with Crippen LogP contribution in [0.5, 0.6) is 0 Å². The van der Waals surface area contributed by atoms with Crippen LogP contribution in [-0.2, 0) is 21.1 Å². The average molecular weight is 404 g/mol. The highest BCUT2D eigenvalue weighted by Crippen LogP contribution is 2.23. The van der Waals surface area contributed by atoms with Gasteiger partial charge in [0.2, 0.25) is 5.91 Å². The second kappa shape index (κ2) is 8.25. The lowest BCUT2D eigenvalue weighted by molar-refractivity contribution is -0.122. The lowest BCUT2D eigenvalue weighted by Gasteiger charge is -2.35. The summed E-state index contributed by atoms with van der Waals surface area (Å²) in [4.78, 5) is 18.0. The minimum absolute atomic E-state index is 0.0380. The molecule has 3 heterocycles. The van der Waals surface area contributed by atoms with Crippen molar-refractivity contribution in [3.05, 3.63) is 36.0 Å². The number of amides is 1. The summed E-state index contributed by atoms with van der Waals surface area (Å²) in [5, 5.41) is 4.24. The van der Waals surface area contributed by atoms with Crippen LogP contribution in [0.2, 0.25) is 0 Å². The van der Waals surface area contributed by atoms with Crippen molar-refractivity contribution in [1.29, 1.82) is 0 Å². The number of aromatic amines is 1. The van der Waals surface area contributed by atoms with Crippen molar-refractivity contribution in [3.8, 4) is 0 Å². The van der Waals surface area contributed by atoms with Crippen molar-refractivity contribution in [2.45, 2.75) is 50.6 Å². The first kappa shape index (κ1) is 19.5. The molecule has 2 atom stereocenters. The van der Waals surface area contributed by atoms with Crippen LogP contribution < -0.4 is 5.32 Å². The van der Waals surface area contributed by atoms with Crippen molar-refractivity contribution in [2.24, 2.45) is 0 Å². The molecule has 7 heteroatoms. The topological polar surface area (TPSA) is 82.3 Å². The van der Waals surface area contributed by atoms with Gasteiger partial charge in [0, 0.05) is 29.6 Å². The maximum absolute atomic E-state index is 12.5. The van der Waals surface area contributed by atoms with Gasteiger partial charge in [-0.1, -0.05) is 24.6 Å². The Balaban J connectivity index is 1.32. The smallest absolute Gasteiger partial charge is 0.220 e. The Kier molecular flexibility index (Phi) is 5.73. The fourth-order valence-electron chi connectivity index (χ4n) is 4.63. The molecule has 2 aliphatic rings. The van der Waals surface area contributed by atoms with E-state index in [0.717, 1.165) is 44.3 Å². The van der Waals surface area contributed by atoms with Crippen molar-refractivity contribution in [3.63, 3.8) is 0 Å². The number of H-pyrrole nitrogens is 1. The number of hydrogen-bond donors (Lipinski definition) is 2. The first-order valence-corrected chi connectivity index (χ1v) is 12.1. The van der Waals surface area contributed by atoms with E-state index in [4.69, 9.17) is 0 Å². The Hall–Kier alpha value is -1.86. The van der Waals surface area contributed by atoms with E-state index in [1.807, 2.05) is 24.4 Å². The van der Waals surface area contributed by atoms with E-state index in [1.54, 1.807) is 0 Å². The molecule has 2 fully saturated rings. The second-order valence-corrected chi connectivity index (χ2v) is 10.3. The number of benzene rings is 1. The number of piperidine rings is 1. The monoisotopic (exact) mass is 403 g/mol. The molecule has 0 saturated carbocycles. The molecule has 2 aromatic rings. The van der Waals surface area contributed by atoms with E-state index in [2.05, 4.69) is 21.3 Å². The van der Waals surface area contributed by atoms with Crippen molar-refractivity contribution < 1.29 is 13.2 Å². The minimum Gasteiger partial charge on any atom is -0.361 e. The molecule has 0 bridgehead atoms. The summed E-state index contributed by atoms with van der Waals surface area (Å²) in [6.07, 6.45) is 7.45. The number of carbonyl (C=O) groups is 1. The van der Waals surface area contributed by atoms with Crippen LogP contribution in [0.15, 0.2) is 30.5 Å². The summed E-state index contributed by atoms with van der Waals surface area (Å²) in [6, 6.07) is 7.82. The van der Waals surface area contributed by atoms with Crippen LogP contribution in [0.3, 0.4) is 0 Å². The molecular weight excluding hydrogens is 374 g/mol. The normalized spacial score (nSPS) is 25.1. The predicted molar refractivity (Wildman–Crippen MR) is 111 cm³/mol. The first-order valence-electron chi connectivity index (χ1n) is 10.3. The number of rotatable bonds is 6. The number of aromatic nitrogens is 1. The zero-order valence-electron chi connectivity index (χ0n) is 16.2. The molecule has 6 nitrogen and oxygen atoms in total. The molecule has 2 aliphatic heterocycles. The quantitative estimate of drug-likeness (QED) is 0.775. The van der Waals surface area contributed by atoms with Crippen molar-refractivity contribution in [1.82, 2.24) is 15.2 Å². The van der Waals surface area contributed by atoms with Crippen molar-refractivity contribution in [2.75, 3.05) is 24.6 Å². The highest BCUT2D eigenvalue weighted by Gasteiger charge is 2.41. The van der Waals surface area contributed by atoms with Crippen LogP contribution in [0.4, 0.5) is 0 Å². The number of likely N-dealkylation sites (tertiary alicyclic amines) is 1. The van der Waals surface area contributed by atoms with E-state index in [9.17, 15) is 13.2 Å². The highest BCUT2D eigenvalue weighted by atomic mass is 32.2. The van der Waals surface area contributed by atoms with Crippen LogP contribution in [0, 0.1) is 0 Å². The number of hydrogen-bond acceptors (Lipinski definition) is 4. The largest absolute Gasteiger partial charge is 0.361 e. The van der Waals surface area contributed by atoms with Gasteiger partial charge in [0.1, 0.15) is 0 Å². The van der Waals surface area contributed by atoms with E-state index >= 15 is 0 Å². The maximum atomic E-state index is 12.5. The molecule has 1 aromatic carbocycles. The van der Waals surface area contributed by atoms with Gasteiger partial charge in [-0.25, -0.2) is 8.42 Å². The Morgan fingerprint density at radius 1 is 1.14 bits per heavy atom. The minimum atomic E-state index is -3.08. The van der Waals surface area contributed by atoms with Crippen molar-refractivity contribution >= 4 is 26.6 Å². The molecule has 1 amide bonds. The van der Waals surface area contributed by atoms with E-state index < -0.39 is 9.84 Å². The zero-order valence-corrected chi connectivity index (χ0v) is 17.0. The Morgan fingerprint density at radius 3 is 2.75 bits per heavy atom. The number of carbonyl (C=O) groups excluding carboxylic acids is 1. The Bertz CT molecular complexity index is 931. The standard InChI is InChI=1S/C21H29N3O3S/c25-21(10-6-7-16-13-22-18-9-3-2-8-17(16)18)23-19-14-28(26,27)15-20(19)24-11-4-1-5-12-24/h2-3,8-9,13,19-20,22H,1,4-7,10-12,14-15H2,(H,23,25)/t19-,20-/m1/s1. The van der Waals surface area contributed by atoms with Gasteiger partial charge in [-0.2, -0.15) is 0 Å². The summed E-state index contributed by atoms with van der Waals surface area (Å²) in [6.45, 7) is 1.88. The van der Waals surface area contributed by atoms with Gasteiger partial charge in [-0.3, -0.25) is 9.69 Å². The average Bonchev–Trinajstić information content (AvgIpc) is 3.23. The third-order valence-corrected chi connectivity index (χ3v) is 7.77. The molecule has 152 valence electrons.